The molecule has 0 radical (unpaired) electrons. The van der Waals surface area contributed by atoms with Crippen molar-refractivity contribution >= 4 is 27.3 Å². The molecule has 168 valence electrons. The van der Waals surface area contributed by atoms with Crippen LogP contribution in [0.25, 0.3) is 0 Å². The highest BCUT2D eigenvalue weighted by molar-refractivity contribution is 7.89. The summed E-state index contributed by atoms with van der Waals surface area (Å²) in [6.07, 6.45) is 5.23. The molecule has 1 aromatic carbocycles. The molecule has 1 amide bonds. The third kappa shape index (κ3) is 5.55. The molecule has 4 rings (SSSR count). The van der Waals surface area contributed by atoms with Gasteiger partial charge in [0.15, 0.2) is 0 Å². The maximum Gasteiger partial charge on any atom is 0.251 e. The third-order valence-electron chi connectivity index (χ3n) is 6.32. The Hall–Kier alpha value is -1.74. The van der Waals surface area contributed by atoms with Crippen LogP contribution in [0.3, 0.4) is 0 Å². The Kier molecular flexibility index (Phi) is 7.43. The van der Waals surface area contributed by atoms with Gasteiger partial charge in [-0.1, -0.05) is 12.5 Å². The highest BCUT2D eigenvalue weighted by Crippen LogP contribution is 2.30. The molecule has 0 atom stereocenters. The molecule has 2 fully saturated rings. The number of rotatable bonds is 7. The summed E-state index contributed by atoms with van der Waals surface area (Å²) in [6, 6.07) is 10.7. The van der Waals surface area contributed by atoms with Gasteiger partial charge in [0.05, 0.1) is 4.90 Å². The van der Waals surface area contributed by atoms with Crippen molar-refractivity contribution in [2.75, 3.05) is 39.3 Å². The van der Waals surface area contributed by atoms with Crippen LogP contribution in [0.15, 0.2) is 46.7 Å². The summed E-state index contributed by atoms with van der Waals surface area (Å²) in [5.41, 5.74) is 0.494. The predicted molar refractivity (Wildman–Crippen MR) is 124 cm³/mol. The van der Waals surface area contributed by atoms with E-state index in [0.717, 1.165) is 38.9 Å². The van der Waals surface area contributed by atoms with Crippen LogP contribution in [-0.4, -0.2) is 62.8 Å². The standard InChI is InChI=1S/C23H31N3O3S2/c27-23(24-12-17-25-15-10-19(11-16-25)22-5-4-18-30-22)20-6-8-21(9-7-20)31(28,29)26-13-2-1-3-14-26/h4-9,18-19H,1-3,10-17H2,(H,24,27). The molecule has 0 bridgehead atoms. The molecule has 1 aromatic heterocycles. The zero-order valence-corrected chi connectivity index (χ0v) is 19.5. The molecule has 0 aliphatic carbocycles. The minimum atomic E-state index is -3.46. The number of carbonyl (C=O) groups is 1. The van der Waals surface area contributed by atoms with Crippen molar-refractivity contribution in [2.24, 2.45) is 0 Å². The minimum absolute atomic E-state index is 0.157. The molecular weight excluding hydrogens is 430 g/mol. The van der Waals surface area contributed by atoms with Crippen LogP contribution < -0.4 is 5.32 Å². The molecule has 31 heavy (non-hydrogen) atoms. The second-order valence-electron chi connectivity index (χ2n) is 8.38. The Bertz CT molecular complexity index is 944. The van der Waals surface area contributed by atoms with Gasteiger partial charge < -0.3 is 10.2 Å². The minimum Gasteiger partial charge on any atom is -0.351 e. The molecule has 2 saturated heterocycles. The van der Waals surface area contributed by atoms with E-state index in [1.165, 1.54) is 17.7 Å². The number of nitrogens with zero attached hydrogens (tertiary/aromatic N) is 2. The topological polar surface area (TPSA) is 69.7 Å². The molecule has 8 heteroatoms. The van der Waals surface area contributed by atoms with Crippen LogP contribution in [0, 0.1) is 0 Å². The molecular formula is C23H31N3O3S2. The fraction of sp³-hybridized carbons (Fsp3) is 0.522. The van der Waals surface area contributed by atoms with Gasteiger partial charge in [0.25, 0.3) is 5.91 Å². The van der Waals surface area contributed by atoms with E-state index in [0.29, 0.717) is 31.1 Å². The molecule has 3 heterocycles. The first-order chi connectivity index (χ1) is 15.0. The summed E-state index contributed by atoms with van der Waals surface area (Å²) < 4.78 is 27.0. The second-order valence-corrected chi connectivity index (χ2v) is 11.3. The molecule has 2 aliphatic heterocycles. The molecule has 2 aromatic rings. The number of hydrogen-bond donors (Lipinski definition) is 1. The number of carbonyl (C=O) groups excluding carboxylic acids is 1. The highest BCUT2D eigenvalue weighted by atomic mass is 32.2. The quantitative estimate of drug-likeness (QED) is 0.685. The van der Waals surface area contributed by atoms with Gasteiger partial charge in [-0.3, -0.25) is 4.79 Å². The summed E-state index contributed by atoms with van der Waals surface area (Å²) in [5.74, 6) is 0.515. The van der Waals surface area contributed by atoms with Crippen molar-refractivity contribution in [1.82, 2.24) is 14.5 Å². The lowest BCUT2D eigenvalue weighted by molar-refractivity contribution is 0.0945. The average Bonchev–Trinajstić information content (AvgIpc) is 3.35. The van der Waals surface area contributed by atoms with Crippen molar-refractivity contribution in [1.29, 1.82) is 0 Å². The van der Waals surface area contributed by atoms with Crippen LogP contribution in [0.1, 0.15) is 53.3 Å². The molecule has 0 spiro atoms. The van der Waals surface area contributed by atoms with E-state index in [1.54, 1.807) is 28.6 Å². The van der Waals surface area contributed by atoms with E-state index in [-0.39, 0.29) is 10.8 Å². The Labute approximate surface area is 189 Å². The number of benzene rings is 1. The van der Waals surface area contributed by atoms with E-state index >= 15 is 0 Å². The Morgan fingerprint density at radius 1 is 1.00 bits per heavy atom. The number of piperidine rings is 2. The van der Waals surface area contributed by atoms with Gasteiger partial charge >= 0.3 is 0 Å². The fourth-order valence-electron chi connectivity index (χ4n) is 4.43. The maximum absolute atomic E-state index is 12.7. The number of amides is 1. The lowest BCUT2D eigenvalue weighted by Crippen LogP contribution is -2.39. The van der Waals surface area contributed by atoms with Gasteiger partial charge in [-0.2, -0.15) is 4.31 Å². The zero-order valence-electron chi connectivity index (χ0n) is 17.8. The third-order valence-corrected chi connectivity index (χ3v) is 9.26. The number of sulfonamides is 1. The summed E-state index contributed by atoms with van der Waals surface area (Å²) >= 11 is 1.84. The summed E-state index contributed by atoms with van der Waals surface area (Å²) in [5, 5.41) is 5.11. The van der Waals surface area contributed by atoms with Crippen molar-refractivity contribution in [2.45, 2.75) is 42.9 Å². The Morgan fingerprint density at radius 3 is 2.35 bits per heavy atom. The first kappa shape index (κ1) is 22.5. The van der Waals surface area contributed by atoms with Gasteiger partial charge in [0, 0.05) is 36.6 Å². The van der Waals surface area contributed by atoms with Crippen LogP contribution in [-0.2, 0) is 10.0 Å². The summed E-state index contributed by atoms with van der Waals surface area (Å²) in [7, 11) is -3.46. The molecule has 0 saturated carbocycles. The number of nitrogens with one attached hydrogen (secondary N) is 1. The summed E-state index contributed by atoms with van der Waals surface area (Å²) in [6.45, 7) is 4.70. The largest absolute Gasteiger partial charge is 0.351 e. The lowest BCUT2D eigenvalue weighted by Gasteiger charge is -2.31. The van der Waals surface area contributed by atoms with Gasteiger partial charge in [-0.25, -0.2) is 8.42 Å². The predicted octanol–water partition coefficient (Wildman–Crippen LogP) is 3.53. The van der Waals surface area contributed by atoms with Crippen LogP contribution in [0.5, 0.6) is 0 Å². The number of thiophene rings is 1. The average molecular weight is 462 g/mol. The van der Waals surface area contributed by atoms with E-state index in [4.69, 9.17) is 0 Å². The maximum atomic E-state index is 12.7. The van der Waals surface area contributed by atoms with Crippen molar-refractivity contribution < 1.29 is 13.2 Å². The van der Waals surface area contributed by atoms with Crippen LogP contribution in [0.2, 0.25) is 0 Å². The Balaban J connectivity index is 1.23. The van der Waals surface area contributed by atoms with Crippen molar-refractivity contribution in [3.8, 4) is 0 Å². The van der Waals surface area contributed by atoms with Gasteiger partial charge in [0.1, 0.15) is 0 Å². The van der Waals surface area contributed by atoms with E-state index < -0.39 is 10.0 Å². The monoisotopic (exact) mass is 461 g/mol. The Morgan fingerprint density at radius 2 is 1.71 bits per heavy atom. The SMILES string of the molecule is O=C(NCCN1CCC(c2cccs2)CC1)c1ccc(S(=O)(=O)N2CCCCC2)cc1. The van der Waals surface area contributed by atoms with Gasteiger partial charge in [0.2, 0.25) is 10.0 Å². The van der Waals surface area contributed by atoms with E-state index in [9.17, 15) is 13.2 Å². The smallest absolute Gasteiger partial charge is 0.251 e. The van der Waals surface area contributed by atoms with Gasteiger partial charge in [-0.05, 0) is 80.4 Å². The lowest BCUT2D eigenvalue weighted by atomic mass is 9.95. The fourth-order valence-corrected chi connectivity index (χ4v) is 6.84. The zero-order chi connectivity index (χ0) is 21.7. The van der Waals surface area contributed by atoms with E-state index in [1.807, 2.05) is 11.3 Å². The first-order valence-corrected chi connectivity index (χ1v) is 13.5. The normalized spacial score (nSPS) is 19.4. The van der Waals surface area contributed by atoms with Crippen molar-refractivity contribution in [3.05, 3.63) is 52.2 Å². The van der Waals surface area contributed by atoms with Crippen LogP contribution in [0.4, 0.5) is 0 Å². The molecule has 6 nitrogen and oxygen atoms in total. The number of hydrogen-bond acceptors (Lipinski definition) is 5. The summed E-state index contributed by atoms with van der Waals surface area (Å²) in [4.78, 5) is 16.6. The highest BCUT2D eigenvalue weighted by Gasteiger charge is 2.26. The van der Waals surface area contributed by atoms with Crippen molar-refractivity contribution in [3.63, 3.8) is 0 Å². The molecule has 0 unspecified atom stereocenters. The second kappa shape index (κ2) is 10.3. The molecule has 2 aliphatic rings. The van der Waals surface area contributed by atoms with Crippen LogP contribution >= 0.6 is 11.3 Å². The van der Waals surface area contributed by atoms with Gasteiger partial charge in [-0.15, -0.1) is 11.3 Å². The van der Waals surface area contributed by atoms with E-state index in [2.05, 4.69) is 27.7 Å². The number of likely N-dealkylation sites (tertiary alicyclic amines) is 1. The first-order valence-electron chi connectivity index (χ1n) is 11.2. The molecule has 1 N–H and O–H groups in total.